The summed E-state index contributed by atoms with van der Waals surface area (Å²) >= 11 is 3.49. The molecule has 0 aliphatic heterocycles. The van der Waals surface area contributed by atoms with E-state index in [0.29, 0.717) is 11.8 Å². The third-order valence-electron chi connectivity index (χ3n) is 2.83. The van der Waals surface area contributed by atoms with Gasteiger partial charge >= 0.3 is 0 Å². The fourth-order valence-electron chi connectivity index (χ4n) is 1.95. The molecule has 2 rings (SSSR count). The average molecular weight is 350 g/mol. The van der Waals surface area contributed by atoms with Gasteiger partial charge in [-0.05, 0) is 19.4 Å². The molecule has 0 spiro atoms. The van der Waals surface area contributed by atoms with E-state index in [1.807, 2.05) is 32.0 Å². The van der Waals surface area contributed by atoms with Crippen molar-refractivity contribution in [3.63, 3.8) is 0 Å². The minimum absolute atomic E-state index is 0.103. The fraction of sp³-hybridized carbons (Fsp3) is 0.375. The van der Waals surface area contributed by atoms with Crippen molar-refractivity contribution >= 4 is 21.9 Å². The van der Waals surface area contributed by atoms with Gasteiger partial charge in [0.1, 0.15) is 0 Å². The average Bonchev–Trinajstić information content (AvgIpc) is 2.47. The van der Waals surface area contributed by atoms with Crippen LogP contribution >= 0.6 is 15.9 Å². The molecule has 0 aliphatic rings. The lowest BCUT2D eigenvalue weighted by molar-refractivity contribution is 0.232. The molecule has 0 fully saturated rings. The monoisotopic (exact) mass is 349 g/mol. The lowest BCUT2D eigenvalue weighted by Crippen LogP contribution is -2.27. The summed E-state index contributed by atoms with van der Waals surface area (Å²) in [4.78, 5) is 11.0. The van der Waals surface area contributed by atoms with Crippen LogP contribution in [0.2, 0.25) is 0 Å². The first-order valence-electron chi connectivity index (χ1n) is 7.03. The lowest BCUT2D eigenvalue weighted by atomic mass is 10.2. The molecule has 0 radical (unpaired) electrons. The van der Waals surface area contributed by atoms with Crippen LogP contribution in [0.5, 0.6) is 5.88 Å². The highest BCUT2D eigenvalue weighted by Gasteiger charge is 2.11. The number of nitrogens with zero attached hydrogens (tertiary/aromatic N) is 3. The predicted molar refractivity (Wildman–Crippen MR) is 89.1 cm³/mol. The van der Waals surface area contributed by atoms with Crippen LogP contribution in [0, 0.1) is 0 Å². The zero-order chi connectivity index (χ0) is 15.1. The Labute approximate surface area is 134 Å². The summed E-state index contributed by atoms with van der Waals surface area (Å²) in [5.74, 6) is 1.30. The van der Waals surface area contributed by atoms with Crippen LogP contribution in [0.15, 0.2) is 42.6 Å². The van der Waals surface area contributed by atoms with Gasteiger partial charge in [0.25, 0.3) is 0 Å². The Morgan fingerprint density at radius 3 is 2.62 bits per heavy atom. The number of benzene rings is 1. The minimum Gasteiger partial charge on any atom is -0.475 e. The first-order valence-corrected chi connectivity index (χ1v) is 8.15. The predicted octanol–water partition coefficient (Wildman–Crippen LogP) is 3.67. The number of anilines is 1. The molecule has 0 aliphatic carbocycles. The number of hydrogen-bond donors (Lipinski definition) is 0. The highest BCUT2D eigenvalue weighted by atomic mass is 79.9. The Morgan fingerprint density at radius 2 is 1.95 bits per heavy atom. The van der Waals surface area contributed by atoms with Gasteiger partial charge in [-0.15, -0.1) is 0 Å². The maximum absolute atomic E-state index is 5.64. The molecule has 1 heterocycles. The summed E-state index contributed by atoms with van der Waals surface area (Å²) in [7, 11) is 0. The van der Waals surface area contributed by atoms with Crippen molar-refractivity contribution in [1.29, 1.82) is 0 Å². The number of aromatic nitrogens is 2. The lowest BCUT2D eigenvalue weighted by Gasteiger charge is -2.22. The Bertz CT molecular complexity index is 548. The van der Waals surface area contributed by atoms with Crippen molar-refractivity contribution in [2.75, 3.05) is 16.8 Å². The van der Waals surface area contributed by atoms with Crippen LogP contribution in [0.3, 0.4) is 0 Å². The van der Waals surface area contributed by atoms with E-state index in [9.17, 15) is 0 Å². The number of rotatable bonds is 7. The molecule has 0 atom stereocenters. The van der Waals surface area contributed by atoms with Crippen LogP contribution in [0.1, 0.15) is 19.4 Å². The van der Waals surface area contributed by atoms with E-state index in [2.05, 4.69) is 42.9 Å². The summed E-state index contributed by atoms with van der Waals surface area (Å²) < 4.78 is 5.64. The molecule has 112 valence electrons. The molecule has 5 heteroatoms. The first-order chi connectivity index (χ1) is 10.2. The van der Waals surface area contributed by atoms with E-state index in [1.54, 1.807) is 12.3 Å². The second-order valence-electron chi connectivity index (χ2n) is 4.96. The molecule has 0 unspecified atom stereocenters. The van der Waals surface area contributed by atoms with E-state index >= 15 is 0 Å². The number of alkyl halides is 1. The normalized spacial score (nSPS) is 10.7. The van der Waals surface area contributed by atoms with E-state index in [1.165, 1.54) is 5.56 Å². The van der Waals surface area contributed by atoms with E-state index in [0.717, 1.165) is 18.4 Å². The SMILES string of the molecule is CC(C)Oc1ccnc(N(CCBr)Cc2ccccc2)n1. The van der Waals surface area contributed by atoms with Gasteiger partial charge in [-0.3, -0.25) is 0 Å². The largest absolute Gasteiger partial charge is 0.475 e. The molecular weight excluding hydrogens is 330 g/mol. The molecule has 1 aromatic heterocycles. The van der Waals surface area contributed by atoms with Gasteiger partial charge in [-0.25, -0.2) is 4.98 Å². The Morgan fingerprint density at radius 1 is 1.19 bits per heavy atom. The molecule has 4 nitrogen and oxygen atoms in total. The third kappa shape index (κ3) is 5.01. The van der Waals surface area contributed by atoms with Gasteiger partial charge in [0.15, 0.2) is 0 Å². The quantitative estimate of drug-likeness (QED) is 0.715. The zero-order valence-electron chi connectivity index (χ0n) is 12.4. The molecule has 0 amide bonds. The highest BCUT2D eigenvalue weighted by molar-refractivity contribution is 9.09. The van der Waals surface area contributed by atoms with Crippen molar-refractivity contribution in [3.8, 4) is 5.88 Å². The first kappa shape index (κ1) is 15.8. The van der Waals surface area contributed by atoms with Crippen molar-refractivity contribution < 1.29 is 4.74 Å². The summed E-state index contributed by atoms with van der Waals surface area (Å²) in [6, 6.07) is 12.1. The Hall–Kier alpha value is -1.62. The molecule has 0 saturated carbocycles. The molecule has 2 aromatic rings. The van der Waals surface area contributed by atoms with Crippen molar-refractivity contribution in [3.05, 3.63) is 48.2 Å². The Balaban J connectivity index is 2.17. The van der Waals surface area contributed by atoms with Gasteiger partial charge in [-0.2, -0.15) is 4.98 Å². The van der Waals surface area contributed by atoms with Crippen molar-refractivity contribution in [2.24, 2.45) is 0 Å². The third-order valence-corrected chi connectivity index (χ3v) is 3.18. The smallest absolute Gasteiger partial charge is 0.228 e. The molecule has 0 saturated heterocycles. The molecule has 21 heavy (non-hydrogen) atoms. The summed E-state index contributed by atoms with van der Waals surface area (Å²) in [6.45, 7) is 5.58. The molecular formula is C16H20BrN3O. The van der Waals surface area contributed by atoms with E-state index in [-0.39, 0.29) is 6.10 Å². The van der Waals surface area contributed by atoms with Crippen LogP contribution in [0.25, 0.3) is 0 Å². The number of halogens is 1. The standard InChI is InChI=1S/C16H20BrN3O/c1-13(2)21-15-8-10-18-16(19-15)20(11-9-17)12-14-6-4-3-5-7-14/h3-8,10,13H,9,11-12H2,1-2H3. The second kappa shape index (κ2) is 7.98. The minimum atomic E-state index is 0.103. The summed E-state index contributed by atoms with van der Waals surface area (Å²) in [6.07, 6.45) is 1.85. The van der Waals surface area contributed by atoms with Crippen molar-refractivity contribution in [2.45, 2.75) is 26.5 Å². The van der Waals surface area contributed by atoms with Crippen LogP contribution in [-0.2, 0) is 6.54 Å². The zero-order valence-corrected chi connectivity index (χ0v) is 14.0. The molecule has 1 aromatic carbocycles. The van der Waals surface area contributed by atoms with Gasteiger partial charge in [0, 0.05) is 30.7 Å². The summed E-state index contributed by atoms with van der Waals surface area (Å²) in [5, 5.41) is 0.860. The fourth-order valence-corrected chi connectivity index (χ4v) is 2.38. The maximum atomic E-state index is 5.64. The highest BCUT2D eigenvalue weighted by Crippen LogP contribution is 2.16. The van der Waals surface area contributed by atoms with Gasteiger partial charge in [0.2, 0.25) is 11.8 Å². The Kier molecular flexibility index (Phi) is 5.99. The second-order valence-corrected chi connectivity index (χ2v) is 5.75. The van der Waals surface area contributed by atoms with Crippen LogP contribution < -0.4 is 9.64 Å². The van der Waals surface area contributed by atoms with Crippen LogP contribution in [0.4, 0.5) is 5.95 Å². The maximum Gasteiger partial charge on any atom is 0.228 e. The van der Waals surface area contributed by atoms with Crippen LogP contribution in [-0.4, -0.2) is 27.9 Å². The number of hydrogen-bond acceptors (Lipinski definition) is 4. The molecule has 0 bridgehead atoms. The topological polar surface area (TPSA) is 38.2 Å². The van der Waals surface area contributed by atoms with Crippen molar-refractivity contribution in [1.82, 2.24) is 9.97 Å². The van der Waals surface area contributed by atoms with Gasteiger partial charge < -0.3 is 9.64 Å². The van der Waals surface area contributed by atoms with E-state index in [4.69, 9.17) is 4.74 Å². The van der Waals surface area contributed by atoms with Gasteiger partial charge in [0.05, 0.1) is 6.10 Å². The molecule has 0 N–H and O–H groups in total. The summed E-state index contributed by atoms with van der Waals surface area (Å²) in [5.41, 5.74) is 1.23. The number of ether oxygens (including phenoxy) is 1. The van der Waals surface area contributed by atoms with E-state index < -0.39 is 0 Å². The van der Waals surface area contributed by atoms with Gasteiger partial charge in [-0.1, -0.05) is 46.3 Å².